The first kappa shape index (κ1) is 20.6. The van der Waals surface area contributed by atoms with Crippen LogP contribution in [-0.2, 0) is 14.8 Å². The van der Waals surface area contributed by atoms with Gasteiger partial charge >= 0.3 is 0 Å². The first-order valence-electron chi connectivity index (χ1n) is 9.62. The number of sulfonamides is 1. The Labute approximate surface area is 179 Å². The molecule has 2 aromatic carbocycles. The molecule has 0 aromatic heterocycles. The molecule has 8 nitrogen and oxygen atoms in total. The van der Waals surface area contributed by atoms with Crippen LogP contribution in [0.4, 0.5) is 11.4 Å². The van der Waals surface area contributed by atoms with E-state index in [2.05, 4.69) is 15.6 Å². The molecule has 1 heterocycles. The highest BCUT2D eigenvalue weighted by molar-refractivity contribution is 7.89. The molecule has 1 aliphatic heterocycles. The van der Waals surface area contributed by atoms with E-state index in [9.17, 15) is 18.0 Å². The predicted octanol–water partition coefficient (Wildman–Crippen LogP) is 2.66. The fourth-order valence-electron chi connectivity index (χ4n) is 3.23. The zero-order valence-corrected chi connectivity index (χ0v) is 17.6. The summed E-state index contributed by atoms with van der Waals surface area (Å²) in [5.74, 6) is -0.482. The molecule has 0 unspecified atom stereocenters. The number of carbonyl (C=O) groups excluding carboxylic acids is 2. The van der Waals surface area contributed by atoms with E-state index in [-0.39, 0.29) is 16.8 Å². The molecule has 2 fully saturated rings. The average molecular weight is 449 g/mol. The minimum Gasteiger partial charge on any atom is -0.312 e. The molecule has 1 aliphatic carbocycles. The number of anilines is 2. The molecule has 0 radical (unpaired) electrons. The van der Waals surface area contributed by atoms with Gasteiger partial charge in [0.1, 0.15) is 0 Å². The minimum absolute atomic E-state index is 0.0307. The van der Waals surface area contributed by atoms with E-state index in [1.54, 1.807) is 35.2 Å². The van der Waals surface area contributed by atoms with E-state index in [0.29, 0.717) is 34.9 Å². The van der Waals surface area contributed by atoms with Crippen molar-refractivity contribution < 1.29 is 18.0 Å². The topological polar surface area (TPSA) is 108 Å². The number of hydrogen-bond acceptors (Lipinski definition) is 5. The lowest BCUT2D eigenvalue weighted by molar-refractivity contribution is -0.117. The summed E-state index contributed by atoms with van der Waals surface area (Å²) in [6.07, 6.45) is 2.90. The third-order valence-electron chi connectivity index (χ3n) is 4.95. The number of nitrogens with one attached hydrogen (secondary N) is 3. The van der Waals surface area contributed by atoms with Crippen LogP contribution in [-0.4, -0.2) is 32.8 Å². The third-order valence-corrected chi connectivity index (χ3v) is 6.72. The van der Waals surface area contributed by atoms with Crippen LogP contribution in [0.2, 0.25) is 5.02 Å². The molecule has 10 heteroatoms. The number of halogens is 1. The molecule has 30 heavy (non-hydrogen) atoms. The Hall–Kier alpha value is -2.62. The van der Waals surface area contributed by atoms with Gasteiger partial charge in [0.2, 0.25) is 15.9 Å². The number of nitrogens with zero attached hydrogens (tertiary/aromatic N) is 1. The van der Waals surface area contributed by atoms with Crippen LogP contribution >= 0.6 is 11.6 Å². The van der Waals surface area contributed by atoms with Crippen molar-refractivity contribution in [3.05, 3.63) is 53.1 Å². The van der Waals surface area contributed by atoms with Gasteiger partial charge in [-0.05, 0) is 61.7 Å². The molecule has 1 saturated heterocycles. The first-order chi connectivity index (χ1) is 14.3. The largest absolute Gasteiger partial charge is 0.312 e. The lowest BCUT2D eigenvalue weighted by Crippen LogP contribution is -2.32. The highest BCUT2D eigenvalue weighted by Crippen LogP contribution is 2.29. The minimum atomic E-state index is -3.53. The van der Waals surface area contributed by atoms with Crippen molar-refractivity contribution in [2.24, 2.45) is 0 Å². The van der Waals surface area contributed by atoms with Gasteiger partial charge in [-0.3, -0.25) is 20.4 Å². The van der Waals surface area contributed by atoms with Gasteiger partial charge < -0.3 is 4.90 Å². The fourth-order valence-corrected chi connectivity index (χ4v) is 4.70. The van der Waals surface area contributed by atoms with Crippen molar-refractivity contribution >= 4 is 44.8 Å². The smallest absolute Gasteiger partial charge is 0.271 e. The zero-order valence-electron chi connectivity index (χ0n) is 16.0. The quantitative estimate of drug-likeness (QED) is 0.564. The van der Waals surface area contributed by atoms with E-state index >= 15 is 0 Å². The normalized spacial score (nSPS) is 16.6. The van der Waals surface area contributed by atoms with Crippen molar-refractivity contribution in [3.63, 3.8) is 0 Å². The molecule has 2 amide bonds. The maximum absolute atomic E-state index is 12.7. The van der Waals surface area contributed by atoms with Gasteiger partial charge in [0.25, 0.3) is 5.91 Å². The summed E-state index contributed by atoms with van der Waals surface area (Å²) in [7, 11) is -3.53. The van der Waals surface area contributed by atoms with Gasteiger partial charge in [0.05, 0.1) is 21.8 Å². The molecule has 0 spiro atoms. The standard InChI is InChI=1S/C20H21ClN4O4S/c21-13-3-10-17(18(12-13)25-11-1-2-19(25)26)20(27)23-22-14-6-8-16(9-7-14)30(28,29)24-15-4-5-15/h3,6-10,12,15,22,24H,1-2,4-5,11H2,(H,23,27). The van der Waals surface area contributed by atoms with Crippen molar-refractivity contribution in [3.8, 4) is 0 Å². The molecule has 0 bridgehead atoms. The van der Waals surface area contributed by atoms with Gasteiger partial charge in [-0.2, -0.15) is 0 Å². The van der Waals surface area contributed by atoms with Crippen molar-refractivity contribution in [1.29, 1.82) is 0 Å². The molecule has 0 atom stereocenters. The maximum atomic E-state index is 12.7. The Morgan fingerprint density at radius 2 is 1.83 bits per heavy atom. The monoisotopic (exact) mass is 448 g/mol. The second-order valence-electron chi connectivity index (χ2n) is 7.31. The molecule has 3 N–H and O–H groups in total. The van der Waals surface area contributed by atoms with Crippen molar-refractivity contribution in [1.82, 2.24) is 10.1 Å². The van der Waals surface area contributed by atoms with E-state index in [1.807, 2.05) is 0 Å². The Morgan fingerprint density at radius 3 is 2.47 bits per heavy atom. The molecule has 4 rings (SSSR count). The Bertz CT molecular complexity index is 1080. The van der Waals surface area contributed by atoms with Gasteiger partial charge in [0, 0.05) is 24.0 Å². The first-order valence-corrected chi connectivity index (χ1v) is 11.5. The lowest BCUT2D eigenvalue weighted by Gasteiger charge is -2.20. The number of rotatable bonds is 7. The number of hydrogen-bond donors (Lipinski definition) is 3. The van der Waals surface area contributed by atoms with E-state index in [4.69, 9.17) is 11.6 Å². The molecule has 158 valence electrons. The summed E-state index contributed by atoms with van der Waals surface area (Å²) in [6.45, 7) is 0.539. The molecular weight excluding hydrogens is 428 g/mol. The molecule has 1 saturated carbocycles. The van der Waals surface area contributed by atoms with E-state index < -0.39 is 15.9 Å². The Morgan fingerprint density at radius 1 is 1.10 bits per heavy atom. The second-order valence-corrected chi connectivity index (χ2v) is 9.46. The third kappa shape index (κ3) is 4.58. The van der Waals surface area contributed by atoms with E-state index in [0.717, 1.165) is 19.3 Å². The average Bonchev–Trinajstić information content (AvgIpc) is 3.42. The van der Waals surface area contributed by atoms with Gasteiger partial charge in [-0.25, -0.2) is 13.1 Å². The van der Waals surface area contributed by atoms with E-state index in [1.165, 1.54) is 12.1 Å². The van der Waals surface area contributed by atoms with Crippen LogP contribution in [0.25, 0.3) is 0 Å². The summed E-state index contributed by atoms with van der Waals surface area (Å²) >= 11 is 6.07. The van der Waals surface area contributed by atoms with Crippen LogP contribution in [0.3, 0.4) is 0 Å². The van der Waals surface area contributed by atoms with Crippen LogP contribution in [0.5, 0.6) is 0 Å². The van der Waals surface area contributed by atoms with Crippen molar-refractivity contribution in [2.75, 3.05) is 16.9 Å². The van der Waals surface area contributed by atoms with Crippen LogP contribution in [0, 0.1) is 0 Å². The highest BCUT2D eigenvalue weighted by Gasteiger charge is 2.28. The van der Waals surface area contributed by atoms with Crippen LogP contribution in [0.1, 0.15) is 36.0 Å². The van der Waals surface area contributed by atoms with Gasteiger partial charge in [-0.1, -0.05) is 11.6 Å². The lowest BCUT2D eigenvalue weighted by atomic mass is 10.1. The zero-order chi connectivity index (χ0) is 21.3. The maximum Gasteiger partial charge on any atom is 0.271 e. The number of carbonyl (C=O) groups is 2. The second kappa shape index (κ2) is 8.25. The fraction of sp³-hybridized carbons (Fsp3) is 0.300. The summed E-state index contributed by atoms with van der Waals surface area (Å²) in [5, 5.41) is 0.436. The molecule has 2 aromatic rings. The summed E-state index contributed by atoms with van der Waals surface area (Å²) in [6, 6.07) is 10.9. The van der Waals surface area contributed by atoms with Crippen molar-refractivity contribution in [2.45, 2.75) is 36.6 Å². The number of amides is 2. The summed E-state index contributed by atoms with van der Waals surface area (Å²) < 4.78 is 27.1. The molecule has 2 aliphatic rings. The Kier molecular flexibility index (Phi) is 5.68. The SMILES string of the molecule is O=C(NNc1ccc(S(=O)(=O)NC2CC2)cc1)c1ccc(Cl)cc1N1CCCC1=O. The Balaban J connectivity index is 1.44. The molecular formula is C20H21ClN4O4S. The van der Waals surface area contributed by atoms with Crippen LogP contribution in [0.15, 0.2) is 47.4 Å². The summed E-state index contributed by atoms with van der Waals surface area (Å²) in [4.78, 5) is 26.5. The van der Waals surface area contributed by atoms with Crippen LogP contribution < -0.4 is 20.5 Å². The number of benzene rings is 2. The predicted molar refractivity (Wildman–Crippen MR) is 114 cm³/mol. The van der Waals surface area contributed by atoms with Gasteiger partial charge in [0.15, 0.2) is 0 Å². The number of hydrazine groups is 1. The summed E-state index contributed by atoms with van der Waals surface area (Å²) in [5.41, 5.74) is 6.65. The highest BCUT2D eigenvalue weighted by atomic mass is 35.5. The van der Waals surface area contributed by atoms with Gasteiger partial charge in [-0.15, -0.1) is 0 Å².